The molecule has 0 radical (unpaired) electrons. The third-order valence-electron chi connectivity index (χ3n) is 5.44. The van der Waals surface area contributed by atoms with Gasteiger partial charge in [-0.1, -0.05) is 31.9 Å². The van der Waals surface area contributed by atoms with Crippen molar-refractivity contribution in [2.45, 2.75) is 58.3 Å². The van der Waals surface area contributed by atoms with Gasteiger partial charge in [-0.15, -0.1) is 0 Å². The van der Waals surface area contributed by atoms with Crippen LogP contribution in [0.1, 0.15) is 56.6 Å². The number of aryl methyl sites for hydroxylation is 1. The molecule has 1 aromatic rings. The normalized spacial score (nSPS) is 19.5. The van der Waals surface area contributed by atoms with Gasteiger partial charge in [-0.3, -0.25) is 0 Å². The van der Waals surface area contributed by atoms with E-state index in [1.807, 2.05) is 0 Å². The maximum Gasteiger partial charge on any atom is 0.122 e. The zero-order valence-electron chi connectivity index (χ0n) is 13.4. The average molecular weight is 287 g/mol. The van der Waals surface area contributed by atoms with Crippen molar-refractivity contribution in [3.05, 3.63) is 29.3 Å². The summed E-state index contributed by atoms with van der Waals surface area (Å²) in [7, 11) is 0. The largest absolute Gasteiger partial charge is 0.493 e. The predicted molar refractivity (Wildman–Crippen MR) is 88.0 cm³/mol. The van der Waals surface area contributed by atoms with E-state index in [-0.39, 0.29) is 0 Å². The van der Waals surface area contributed by atoms with Crippen LogP contribution in [0.4, 0.5) is 0 Å². The molecule has 1 fully saturated rings. The van der Waals surface area contributed by atoms with Crippen LogP contribution in [-0.4, -0.2) is 19.7 Å². The van der Waals surface area contributed by atoms with Crippen LogP contribution < -0.4 is 10.1 Å². The number of benzene rings is 1. The Balaban J connectivity index is 1.59. The molecule has 1 N–H and O–H groups in total. The number of nitrogens with one attached hydrogen (secondary N) is 1. The summed E-state index contributed by atoms with van der Waals surface area (Å²) in [6, 6.07) is 6.84. The van der Waals surface area contributed by atoms with Gasteiger partial charge in [0, 0.05) is 6.42 Å². The van der Waals surface area contributed by atoms with Gasteiger partial charge in [0.05, 0.1) is 6.61 Å². The van der Waals surface area contributed by atoms with Crippen molar-refractivity contribution in [2.75, 3.05) is 19.7 Å². The number of rotatable bonds is 7. The Morgan fingerprint density at radius 1 is 1.19 bits per heavy atom. The SMILES string of the molecule is CCNCCC1(CCc2ccc3c(c2)CCO3)CCCC1. The lowest BCUT2D eigenvalue weighted by Gasteiger charge is -2.29. The van der Waals surface area contributed by atoms with Gasteiger partial charge >= 0.3 is 0 Å². The van der Waals surface area contributed by atoms with Crippen LogP contribution in [0.5, 0.6) is 5.75 Å². The minimum atomic E-state index is 0.609. The molecule has 2 nitrogen and oxygen atoms in total. The molecule has 0 atom stereocenters. The zero-order valence-corrected chi connectivity index (χ0v) is 13.4. The minimum Gasteiger partial charge on any atom is -0.493 e. The van der Waals surface area contributed by atoms with E-state index in [1.54, 1.807) is 0 Å². The highest BCUT2D eigenvalue weighted by Gasteiger charge is 2.32. The van der Waals surface area contributed by atoms with E-state index in [1.165, 1.54) is 62.6 Å². The van der Waals surface area contributed by atoms with Gasteiger partial charge in [-0.25, -0.2) is 0 Å². The van der Waals surface area contributed by atoms with Crippen LogP contribution in [0.2, 0.25) is 0 Å². The molecule has 0 unspecified atom stereocenters. The fourth-order valence-corrected chi connectivity index (χ4v) is 4.09. The molecule has 1 aliphatic heterocycles. The second-order valence-electron chi connectivity index (χ2n) is 6.85. The Kier molecular flexibility index (Phi) is 4.84. The summed E-state index contributed by atoms with van der Waals surface area (Å²) in [4.78, 5) is 0. The Hall–Kier alpha value is -1.02. The first kappa shape index (κ1) is 14.9. The lowest BCUT2D eigenvalue weighted by molar-refractivity contribution is 0.246. The van der Waals surface area contributed by atoms with Gasteiger partial charge in [-0.05, 0) is 67.8 Å². The van der Waals surface area contributed by atoms with Gasteiger partial charge in [-0.2, -0.15) is 0 Å². The molecule has 1 heterocycles. The number of hydrogen-bond donors (Lipinski definition) is 1. The highest BCUT2D eigenvalue weighted by atomic mass is 16.5. The highest BCUT2D eigenvalue weighted by Crippen LogP contribution is 2.44. The Labute approximate surface area is 129 Å². The molecule has 1 saturated carbocycles. The van der Waals surface area contributed by atoms with Gasteiger partial charge in [0.2, 0.25) is 0 Å². The number of hydrogen-bond acceptors (Lipinski definition) is 2. The second kappa shape index (κ2) is 6.83. The molecule has 116 valence electrons. The molecule has 21 heavy (non-hydrogen) atoms. The van der Waals surface area contributed by atoms with E-state index in [0.717, 1.165) is 25.3 Å². The van der Waals surface area contributed by atoms with Gasteiger partial charge < -0.3 is 10.1 Å². The lowest BCUT2D eigenvalue weighted by Crippen LogP contribution is -2.25. The summed E-state index contributed by atoms with van der Waals surface area (Å²) in [5, 5.41) is 3.52. The highest BCUT2D eigenvalue weighted by molar-refractivity contribution is 5.39. The third kappa shape index (κ3) is 3.60. The molecule has 0 aromatic heterocycles. The molecule has 2 aliphatic rings. The van der Waals surface area contributed by atoms with E-state index in [9.17, 15) is 0 Å². The maximum absolute atomic E-state index is 5.61. The topological polar surface area (TPSA) is 21.3 Å². The summed E-state index contributed by atoms with van der Waals surface area (Å²) < 4.78 is 5.61. The van der Waals surface area contributed by atoms with Crippen LogP contribution in [-0.2, 0) is 12.8 Å². The Morgan fingerprint density at radius 3 is 2.86 bits per heavy atom. The van der Waals surface area contributed by atoms with Crippen LogP contribution in [0.25, 0.3) is 0 Å². The van der Waals surface area contributed by atoms with Crippen LogP contribution >= 0.6 is 0 Å². The fraction of sp³-hybridized carbons (Fsp3) is 0.684. The Morgan fingerprint density at radius 2 is 2.05 bits per heavy atom. The number of ether oxygens (including phenoxy) is 1. The molecule has 1 aliphatic carbocycles. The molecule has 1 aromatic carbocycles. The van der Waals surface area contributed by atoms with Crippen molar-refractivity contribution in [3.8, 4) is 5.75 Å². The van der Waals surface area contributed by atoms with Crippen molar-refractivity contribution >= 4 is 0 Å². The van der Waals surface area contributed by atoms with Crippen molar-refractivity contribution in [2.24, 2.45) is 5.41 Å². The molecular weight excluding hydrogens is 258 g/mol. The fourth-order valence-electron chi connectivity index (χ4n) is 4.09. The molecular formula is C19H29NO. The van der Waals surface area contributed by atoms with Crippen LogP contribution in [0, 0.1) is 5.41 Å². The summed E-state index contributed by atoms with van der Waals surface area (Å²) in [6.45, 7) is 5.36. The van der Waals surface area contributed by atoms with Crippen LogP contribution in [0.15, 0.2) is 18.2 Å². The zero-order chi connectivity index (χ0) is 14.5. The molecule has 0 amide bonds. The predicted octanol–water partition coefficient (Wildman–Crippen LogP) is 4.11. The molecule has 0 spiro atoms. The van der Waals surface area contributed by atoms with Crippen molar-refractivity contribution < 1.29 is 4.74 Å². The Bertz CT molecular complexity index is 463. The van der Waals surface area contributed by atoms with E-state index in [2.05, 4.69) is 30.4 Å². The molecule has 0 bridgehead atoms. The van der Waals surface area contributed by atoms with Crippen LogP contribution in [0.3, 0.4) is 0 Å². The van der Waals surface area contributed by atoms with E-state index in [4.69, 9.17) is 4.74 Å². The first-order valence-corrected chi connectivity index (χ1v) is 8.77. The number of fused-ring (bicyclic) bond motifs is 1. The van der Waals surface area contributed by atoms with E-state index >= 15 is 0 Å². The second-order valence-corrected chi connectivity index (χ2v) is 6.85. The van der Waals surface area contributed by atoms with E-state index in [0.29, 0.717) is 5.41 Å². The third-order valence-corrected chi connectivity index (χ3v) is 5.44. The minimum absolute atomic E-state index is 0.609. The molecule has 3 rings (SSSR count). The van der Waals surface area contributed by atoms with E-state index < -0.39 is 0 Å². The van der Waals surface area contributed by atoms with Crippen molar-refractivity contribution in [1.29, 1.82) is 0 Å². The first-order chi connectivity index (χ1) is 10.3. The summed E-state index contributed by atoms with van der Waals surface area (Å²) >= 11 is 0. The van der Waals surface area contributed by atoms with Crippen molar-refractivity contribution in [1.82, 2.24) is 5.32 Å². The quantitative estimate of drug-likeness (QED) is 0.762. The lowest BCUT2D eigenvalue weighted by atomic mass is 9.77. The monoisotopic (exact) mass is 287 g/mol. The van der Waals surface area contributed by atoms with Gasteiger partial charge in [0.25, 0.3) is 0 Å². The average Bonchev–Trinajstić information content (AvgIpc) is 3.14. The van der Waals surface area contributed by atoms with Gasteiger partial charge in [0.15, 0.2) is 0 Å². The molecule has 0 saturated heterocycles. The van der Waals surface area contributed by atoms with Crippen molar-refractivity contribution in [3.63, 3.8) is 0 Å². The maximum atomic E-state index is 5.61. The van der Waals surface area contributed by atoms with Gasteiger partial charge in [0.1, 0.15) is 5.75 Å². The molecule has 2 heteroatoms. The standard InChI is InChI=1S/C19H29NO/c1-2-20-13-12-19(9-3-4-10-19)11-7-16-5-6-18-17(15-16)8-14-21-18/h5-6,15,20H,2-4,7-14H2,1H3. The smallest absolute Gasteiger partial charge is 0.122 e. The summed E-state index contributed by atoms with van der Waals surface area (Å²) in [5.74, 6) is 1.11. The summed E-state index contributed by atoms with van der Waals surface area (Å²) in [6.07, 6.45) is 10.8. The summed E-state index contributed by atoms with van der Waals surface area (Å²) in [5.41, 5.74) is 3.53. The first-order valence-electron chi connectivity index (χ1n) is 8.77.